The lowest BCUT2D eigenvalue weighted by Crippen LogP contribution is -2.54. The minimum absolute atomic E-state index is 0.0266. The lowest BCUT2D eigenvalue weighted by molar-refractivity contribution is 0.0782. The van der Waals surface area contributed by atoms with Crippen LogP contribution in [0.25, 0.3) is 0 Å². The molecule has 1 aromatic heterocycles. The number of likely N-dealkylation sites (tertiary alicyclic amines) is 1. The number of hydrogen-bond acceptors (Lipinski definition) is 6. The second kappa shape index (κ2) is 10.7. The van der Waals surface area contributed by atoms with Crippen LogP contribution in [0.1, 0.15) is 65.3 Å². The quantitative estimate of drug-likeness (QED) is 0.499. The van der Waals surface area contributed by atoms with Gasteiger partial charge in [0.2, 0.25) is 10.0 Å². The SMILES string of the molecule is Cc1ncnc(C)c1C(=O)N1CC2=CN(CCC(c3ccccc3)C3CN(S(=O)(=O)C4CCCC4)C3)CC2C1. The average molecular weight is 550 g/mol. The summed E-state index contributed by atoms with van der Waals surface area (Å²) in [5, 5.41) is -0.169. The summed E-state index contributed by atoms with van der Waals surface area (Å²) < 4.78 is 27.9. The van der Waals surface area contributed by atoms with Crippen LogP contribution < -0.4 is 0 Å². The first-order chi connectivity index (χ1) is 18.8. The van der Waals surface area contributed by atoms with Crippen LogP contribution in [0.5, 0.6) is 0 Å². The normalized spacial score (nSPS) is 23.1. The average Bonchev–Trinajstić information content (AvgIpc) is 3.63. The molecule has 1 saturated carbocycles. The molecule has 1 amide bonds. The second-order valence-corrected chi connectivity index (χ2v) is 14.0. The van der Waals surface area contributed by atoms with Gasteiger partial charge in [-0.2, -0.15) is 0 Å². The number of benzene rings is 1. The molecule has 39 heavy (non-hydrogen) atoms. The number of carbonyl (C=O) groups excluding carboxylic acids is 1. The van der Waals surface area contributed by atoms with Crippen molar-refractivity contribution in [2.75, 3.05) is 39.3 Å². The van der Waals surface area contributed by atoms with Crippen LogP contribution in [-0.4, -0.2) is 82.9 Å². The van der Waals surface area contributed by atoms with Gasteiger partial charge in [-0.1, -0.05) is 43.2 Å². The van der Waals surface area contributed by atoms with Crippen molar-refractivity contribution in [3.63, 3.8) is 0 Å². The molecular weight excluding hydrogens is 510 g/mol. The van der Waals surface area contributed by atoms with E-state index in [-0.39, 0.29) is 11.2 Å². The molecule has 6 rings (SSSR count). The Hall–Kier alpha value is -2.78. The van der Waals surface area contributed by atoms with Crippen LogP contribution in [0, 0.1) is 25.7 Å². The first-order valence-corrected chi connectivity index (χ1v) is 15.9. The summed E-state index contributed by atoms with van der Waals surface area (Å²) in [6.45, 7) is 8.27. The van der Waals surface area contributed by atoms with E-state index in [1.165, 1.54) is 17.5 Å². The first-order valence-electron chi connectivity index (χ1n) is 14.4. The van der Waals surface area contributed by atoms with Gasteiger partial charge in [-0.3, -0.25) is 4.79 Å². The highest BCUT2D eigenvalue weighted by molar-refractivity contribution is 7.89. The monoisotopic (exact) mass is 549 g/mol. The Labute approximate surface area is 232 Å². The molecule has 0 radical (unpaired) electrons. The summed E-state index contributed by atoms with van der Waals surface area (Å²) in [5.74, 6) is 1.08. The molecule has 9 heteroatoms. The van der Waals surface area contributed by atoms with Crippen molar-refractivity contribution in [3.8, 4) is 0 Å². The third kappa shape index (κ3) is 5.11. The molecule has 4 heterocycles. The maximum Gasteiger partial charge on any atom is 0.257 e. The maximum absolute atomic E-state index is 13.2. The van der Waals surface area contributed by atoms with Crippen molar-refractivity contribution in [3.05, 3.63) is 70.9 Å². The Morgan fingerprint density at radius 3 is 2.36 bits per heavy atom. The van der Waals surface area contributed by atoms with Crippen LogP contribution in [0.4, 0.5) is 0 Å². The summed E-state index contributed by atoms with van der Waals surface area (Å²) >= 11 is 0. The van der Waals surface area contributed by atoms with E-state index in [1.807, 2.05) is 24.8 Å². The molecule has 2 saturated heterocycles. The molecule has 2 atom stereocenters. The summed E-state index contributed by atoms with van der Waals surface area (Å²) in [7, 11) is -3.16. The van der Waals surface area contributed by atoms with Gasteiger partial charge in [-0.25, -0.2) is 22.7 Å². The molecular formula is C30H39N5O3S. The Kier molecular flexibility index (Phi) is 7.22. The highest BCUT2D eigenvalue weighted by Gasteiger charge is 2.44. The highest BCUT2D eigenvalue weighted by Crippen LogP contribution is 2.39. The van der Waals surface area contributed by atoms with Gasteiger partial charge in [0.05, 0.1) is 22.2 Å². The van der Waals surface area contributed by atoms with E-state index in [1.54, 1.807) is 4.31 Å². The number of carbonyl (C=O) groups is 1. The predicted octanol–water partition coefficient (Wildman–Crippen LogP) is 3.74. The van der Waals surface area contributed by atoms with Gasteiger partial charge < -0.3 is 9.80 Å². The van der Waals surface area contributed by atoms with Crippen molar-refractivity contribution in [2.24, 2.45) is 11.8 Å². The van der Waals surface area contributed by atoms with Crippen molar-refractivity contribution in [1.29, 1.82) is 0 Å². The summed E-state index contributed by atoms with van der Waals surface area (Å²) in [4.78, 5) is 26.0. The lowest BCUT2D eigenvalue weighted by atomic mass is 9.80. The number of aryl methyl sites for hydroxylation is 2. The highest BCUT2D eigenvalue weighted by atomic mass is 32.2. The zero-order valence-corrected chi connectivity index (χ0v) is 23.8. The zero-order chi connectivity index (χ0) is 27.1. The molecule has 3 aliphatic heterocycles. The molecule has 1 aliphatic carbocycles. The van der Waals surface area contributed by atoms with Crippen LogP contribution in [-0.2, 0) is 10.0 Å². The molecule has 0 spiro atoms. The number of nitrogens with zero attached hydrogens (tertiary/aromatic N) is 5. The third-order valence-corrected chi connectivity index (χ3v) is 11.7. The predicted molar refractivity (Wildman–Crippen MR) is 151 cm³/mol. The Bertz CT molecular complexity index is 1330. The van der Waals surface area contributed by atoms with E-state index < -0.39 is 10.0 Å². The lowest BCUT2D eigenvalue weighted by Gasteiger charge is -2.44. The smallest absolute Gasteiger partial charge is 0.257 e. The van der Waals surface area contributed by atoms with Gasteiger partial charge >= 0.3 is 0 Å². The van der Waals surface area contributed by atoms with E-state index in [4.69, 9.17) is 0 Å². The number of amides is 1. The van der Waals surface area contributed by atoms with Crippen LogP contribution in [0.15, 0.2) is 48.4 Å². The van der Waals surface area contributed by atoms with Crippen LogP contribution in [0.3, 0.4) is 0 Å². The van der Waals surface area contributed by atoms with E-state index in [9.17, 15) is 13.2 Å². The molecule has 0 N–H and O–H groups in total. The molecule has 208 valence electrons. The molecule has 1 aromatic carbocycles. The minimum Gasteiger partial charge on any atom is -0.377 e. The number of sulfonamides is 1. The molecule has 8 nitrogen and oxygen atoms in total. The first kappa shape index (κ1) is 26.4. The van der Waals surface area contributed by atoms with Crippen molar-refractivity contribution in [1.82, 2.24) is 24.1 Å². The molecule has 3 fully saturated rings. The fourth-order valence-electron chi connectivity index (χ4n) is 7.07. The van der Waals surface area contributed by atoms with Gasteiger partial charge in [-0.05, 0) is 56.1 Å². The van der Waals surface area contributed by atoms with Crippen molar-refractivity contribution in [2.45, 2.75) is 57.1 Å². The minimum atomic E-state index is -3.16. The van der Waals surface area contributed by atoms with Gasteiger partial charge in [0, 0.05) is 51.4 Å². The van der Waals surface area contributed by atoms with E-state index in [0.29, 0.717) is 43.0 Å². The summed E-state index contributed by atoms with van der Waals surface area (Å²) in [6, 6.07) is 10.6. The topological polar surface area (TPSA) is 86.7 Å². The van der Waals surface area contributed by atoms with E-state index in [0.717, 1.165) is 63.1 Å². The zero-order valence-electron chi connectivity index (χ0n) is 23.0. The van der Waals surface area contributed by atoms with Crippen LogP contribution in [0.2, 0.25) is 0 Å². The van der Waals surface area contributed by atoms with Gasteiger partial charge in [0.15, 0.2) is 0 Å². The largest absolute Gasteiger partial charge is 0.377 e. The van der Waals surface area contributed by atoms with Crippen molar-refractivity contribution < 1.29 is 13.2 Å². The second-order valence-electron chi connectivity index (χ2n) is 11.8. The van der Waals surface area contributed by atoms with Gasteiger partial charge in [0.25, 0.3) is 5.91 Å². The third-order valence-electron chi connectivity index (χ3n) is 9.35. The van der Waals surface area contributed by atoms with E-state index in [2.05, 4.69) is 45.3 Å². The molecule has 4 aliphatic rings. The number of aromatic nitrogens is 2. The Morgan fingerprint density at radius 2 is 1.69 bits per heavy atom. The Balaban J connectivity index is 1.08. The standard InChI is InChI=1S/C30H39N5O3S/c1-21-29(22(2)32-20-31-21)30(36)34-16-24-14-33(15-25(24)17-34)13-12-28(23-8-4-3-5-9-23)26-18-35(19-26)39(37,38)27-10-6-7-11-27/h3-5,8-9,14,20,25-28H,6-7,10-13,15-19H2,1-2H3. The van der Waals surface area contributed by atoms with Crippen LogP contribution >= 0.6 is 0 Å². The van der Waals surface area contributed by atoms with Gasteiger partial charge in [-0.15, -0.1) is 0 Å². The molecule has 2 unspecified atom stereocenters. The fraction of sp³-hybridized carbons (Fsp3) is 0.567. The Morgan fingerprint density at radius 1 is 1.00 bits per heavy atom. The number of hydrogen-bond donors (Lipinski definition) is 0. The number of fused-ring (bicyclic) bond motifs is 1. The van der Waals surface area contributed by atoms with Crippen molar-refractivity contribution >= 4 is 15.9 Å². The van der Waals surface area contributed by atoms with Gasteiger partial charge in [0.1, 0.15) is 6.33 Å². The van der Waals surface area contributed by atoms with E-state index >= 15 is 0 Å². The molecule has 0 bridgehead atoms. The summed E-state index contributed by atoms with van der Waals surface area (Å²) in [5.41, 5.74) is 4.73. The molecule has 2 aromatic rings. The number of rotatable bonds is 8. The fourth-order valence-corrected chi connectivity index (χ4v) is 9.22. The maximum atomic E-state index is 13.2. The summed E-state index contributed by atoms with van der Waals surface area (Å²) in [6.07, 6.45) is 8.47.